The average molecular weight is 296 g/mol. The lowest BCUT2D eigenvalue weighted by molar-refractivity contribution is 0.107. The van der Waals surface area contributed by atoms with Gasteiger partial charge >= 0.3 is 0 Å². The fraction of sp³-hybridized carbons (Fsp3) is 0.429. The van der Waals surface area contributed by atoms with Crippen LogP contribution in [-0.2, 0) is 0 Å². The summed E-state index contributed by atoms with van der Waals surface area (Å²) in [5.74, 6) is 0.968. The van der Waals surface area contributed by atoms with E-state index in [2.05, 4.69) is 27.4 Å². The Morgan fingerprint density at radius 1 is 1.29 bits per heavy atom. The van der Waals surface area contributed by atoms with Crippen LogP contribution in [0.5, 0.6) is 5.75 Å². The van der Waals surface area contributed by atoms with E-state index < -0.39 is 0 Å². The Hall–Kier alpha value is -0.800. The molecule has 0 amide bonds. The zero-order chi connectivity index (χ0) is 12.1. The molecular weight excluding hydrogens is 278 g/mol. The van der Waals surface area contributed by atoms with Gasteiger partial charge in [0.25, 0.3) is 0 Å². The third kappa shape index (κ3) is 3.86. The average Bonchev–Trinajstić information content (AvgIpc) is 2.35. The molecular formula is C14H18BrNO. The Bertz CT molecular complexity index is 355. The van der Waals surface area contributed by atoms with E-state index in [0.717, 1.165) is 42.7 Å². The summed E-state index contributed by atoms with van der Waals surface area (Å²) in [4.78, 5) is 2.41. The second-order valence-corrected chi connectivity index (χ2v) is 5.28. The largest absolute Gasteiger partial charge is 0.490 e. The highest BCUT2D eigenvalue weighted by Gasteiger charge is 2.19. The maximum atomic E-state index is 5.96. The zero-order valence-corrected chi connectivity index (χ0v) is 11.5. The fourth-order valence-corrected chi connectivity index (χ4v) is 2.36. The van der Waals surface area contributed by atoms with Crippen molar-refractivity contribution in [3.05, 3.63) is 41.4 Å². The van der Waals surface area contributed by atoms with E-state index in [4.69, 9.17) is 4.74 Å². The van der Waals surface area contributed by atoms with Gasteiger partial charge in [-0.2, -0.15) is 0 Å². The van der Waals surface area contributed by atoms with Crippen LogP contribution in [0.15, 0.2) is 41.4 Å². The lowest BCUT2D eigenvalue weighted by Crippen LogP contribution is -2.38. The fourth-order valence-electron chi connectivity index (χ4n) is 2.10. The van der Waals surface area contributed by atoms with Gasteiger partial charge < -0.3 is 4.74 Å². The Kier molecular flexibility index (Phi) is 4.63. The zero-order valence-electron chi connectivity index (χ0n) is 9.94. The highest BCUT2D eigenvalue weighted by Crippen LogP contribution is 2.21. The summed E-state index contributed by atoms with van der Waals surface area (Å²) >= 11 is 3.42. The van der Waals surface area contributed by atoms with E-state index in [1.54, 1.807) is 0 Å². The molecule has 0 aliphatic carbocycles. The number of piperidine rings is 1. The van der Waals surface area contributed by atoms with Gasteiger partial charge in [-0.15, -0.1) is 6.58 Å². The minimum absolute atomic E-state index is 0.359. The molecule has 1 aromatic rings. The predicted octanol–water partition coefficient (Wildman–Crippen LogP) is 3.48. The number of ether oxygens (including phenoxy) is 1. The molecule has 0 saturated carbocycles. The molecule has 3 heteroatoms. The van der Waals surface area contributed by atoms with Gasteiger partial charge in [0.15, 0.2) is 0 Å². The SMILES string of the molecule is C=CCN1CCC(Oc2ccc(Br)cc2)CC1. The molecule has 1 heterocycles. The summed E-state index contributed by atoms with van der Waals surface area (Å²) in [7, 11) is 0. The highest BCUT2D eigenvalue weighted by molar-refractivity contribution is 9.10. The monoisotopic (exact) mass is 295 g/mol. The van der Waals surface area contributed by atoms with Crippen LogP contribution in [0.25, 0.3) is 0 Å². The van der Waals surface area contributed by atoms with Crippen molar-refractivity contribution in [1.29, 1.82) is 0 Å². The van der Waals surface area contributed by atoms with Crippen molar-refractivity contribution in [2.45, 2.75) is 18.9 Å². The standard InChI is InChI=1S/C14H18BrNO/c1-2-9-16-10-7-14(8-11-16)17-13-5-3-12(15)4-6-13/h2-6,14H,1,7-11H2. The van der Waals surface area contributed by atoms with E-state index in [0.29, 0.717) is 6.10 Å². The van der Waals surface area contributed by atoms with Crippen molar-refractivity contribution in [2.24, 2.45) is 0 Å². The third-order valence-corrected chi connectivity index (χ3v) is 3.57. The molecule has 0 aromatic heterocycles. The van der Waals surface area contributed by atoms with Crippen molar-refractivity contribution >= 4 is 15.9 Å². The van der Waals surface area contributed by atoms with E-state index >= 15 is 0 Å². The molecule has 1 saturated heterocycles. The summed E-state index contributed by atoms with van der Waals surface area (Å²) < 4.78 is 7.05. The summed E-state index contributed by atoms with van der Waals surface area (Å²) in [6.07, 6.45) is 4.53. The summed E-state index contributed by atoms with van der Waals surface area (Å²) in [5.41, 5.74) is 0. The van der Waals surface area contributed by atoms with Gasteiger partial charge in [-0.1, -0.05) is 22.0 Å². The first-order valence-electron chi connectivity index (χ1n) is 6.03. The highest BCUT2D eigenvalue weighted by atomic mass is 79.9. The smallest absolute Gasteiger partial charge is 0.119 e. The maximum Gasteiger partial charge on any atom is 0.119 e. The Morgan fingerprint density at radius 2 is 1.94 bits per heavy atom. The van der Waals surface area contributed by atoms with Gasteiger partial charge in [0.2, 0.25) is 0 Å². The van der Waals surface area contributed by atoms with Crippen LogP contribution in [0.3, 0.4) is 0 Å². The van der Waals surface area contributed by atoms with Crippen molar-refractivity contribution in [2.75, 3.05) is 19.6 Å². The summed E-state index contributed by atoms with van der Waals surface area (Å²) in [5, 5.41) is 0. The van der Waals surface area contributed by atoms with Crippen LogP contribution in [-0.4, -0.2) is 30.6 Å². The molecule has 2 rings (SSSR count). The molecule has 1 aliphatic heterocycles. The van der Waals surface area contributed by atoms with E-state index in [1.807, 2.05) is 30.3 Å². The molecule has 0 bridgehead atoms. The lowest BCUT2D eigenvalue weighted by Gasteiger charge is -2.31. The van der Waals surface area contributed by atoms with Gasteiger partial charge in [-0.25, -0.2) is 0 Å². The molecule has 0 spiro atoms. The van der Waals surface area contributed by atoms with E-state index in [1.165, 1.54) is 0 Å². The van der Waals surface area contributed by atoms with Crippen molar-refractivity contribution < 1.29 is 4.74 Å². The van der Waals surface area contributed by atoms with Crippen LogP contribution >= 0.6 is 15.9 Å². The molecule has 17 heavy (non-hydrogen) atoms. The maximum absolute atomic E-state index is 5.96. The third-order valence-electron chi connectivity index (χ3n) is 3.04. The van der Waals surface area contributed by atoms with Gasteiger partial charge in [0, 0.05) is 24.1 Å². The molecule has 1 aliphatic rings. The van der Waals surface area contributed by atoms with Gasteiger partial charge in [-0.3, -0.25) is 4.90 Å². The van der Waals surface area contributed by atoms with Crippen molar-refractivity contribution in [1.82, 2.24) is 4.90 Å². The summed E-state index contributed by atoms with van der Waals surface area (Å²) in [6.45, 7) is 6.97. The van der Waals surface area contributed by atoms with Crippen LogP contribution in [0.2, 0.25) is 0 Å². The van der Waals surface area contributed by atoms with E-state index in [-0.39, 0.29) is 0 Å². The van der Waals surface area contributed by atoms with Gasteiger partial charge in [0.05, 0.1) is 0 Å². The van der Waals surface area contributed by atoms with Crippen LogP contribution in [0, 0.1) is 0 Å². The van der Waals surface area contributed by atoms with Crippen molar-refractivity contribution in [3.8, 4) is 5.75 Å². The van der Waals surface area contributed by atoms with E-state index in [9.17, 15) is 0 Å². The molecule has 1 fully saturated rings. The lowest BCUT2D eigenvalue weighted by atomic mass is 10.1. The van der Waals surface area contributed by atoms with Gasteiger partial charge in [-0.05, 0) is 37.1 Å². The second kappa shape index (κ2) is 6.22. The molecule has 0 N–H and O–H groups in total. The first kappa shape index (κ1) is 12.7. The minimum Gasteiger partial charge on any atom is -0.490 e. The molecule has 0 unspecified atom stereocenters. The van der Waals surface area contributed by atoms with Crippen LogP contribution in [0.4, 0.5) is 0 Å². The number of hydrogen-bond donors (Lipinski definition) is 0. The Balaban J connectivity index is 1.81. The molecule has 1 aromatic carbocycles. The number of rotatable bonds is 4. The first-order chi connectivity index (χ1) is 8.28. The quantitative estimate of drug-likeness (QED) is 0.789. The van der Waals surface area contributed by atoms with Crippen molar-refractivity contribution in [3.63, 3.8) is 0 Å². The second-order valence-electron chi connectivity index (χ2n) is 4.36. The number of benzene rings is 1. The molecule has 2 nitrogen and oxygen atoms in total. The number of halogens is 1. The predicted molar refractivity (Wildman–Crippen MR) is 74.4 cm³/mol. The van der Waals surface area contributed by atoms with Gasteiger partial charge in [0.1, 0.15) is 11.9 Å². The van der Waals surface area contributed by atoms with Crippen LogP contribution in [0.1, 0.15) is 12.8 Å². The number of likely N-dealkylation sites (tertiary alicyclic amines) is 1. The van der Waals surface area contributed by atoms with Crippen LogP contribution < -0.4 is 4.74 Å². The number of nitrogens with zero attached hydrogens (tertiary/aromatic N) is 1. The molecule has 92 valence electrons. The summed E-state index contributed by atoms with van der Waals surface area (Å²) in [6, 6.07) is 8.06. The topological polar surface area (TPSA) is 12.5 Å². The number of hydrogen-bond acceptors (Lipinski definition) is 2. The minimum atomic E-state index is 0.359. The molecule has 0 radical (unpaired) electrons. The Morgan fingerprint density at radius 3 is 2.53 bits per heavy atom. The molecule has 0 atom stereocenters. The Labute approximate surface area is 111 Å². The first-order valence-corrected chi connectivity index (χ1v) is 6.82. The normalized spacial score (nSPS) is 17.9.